The number of benzene rings is 1. The molecule has 1 aromatic carbocycles. The standard InChI is InChI=1S/C15H23NO3/c1-10-8-11(2)15(19-5)12(9-10)13(16-3)6-7-14(17)18-4/h8-9,13,16H,6-7H2,1-5H3. The summed E-state index contributed by atoms with van der Waals surface area (Å²) in [6.07, 6.45) is 1.07. The highest BCUT2D eigenvalue weighted by atomic mass is 16.5. The highest BCUT2D eigenvalue weighted by molar-refractivity contribution is 5.69. The van der Waals surface area contributed by atoms with Crippen molar-refractivity contribution in [2.45, 2.75) is 32.7 Å². The lowest BCUT2D eigenvalue weighted by molar-refractivity contribution is -0.140. The van der Waals surface area contributed by atoms with Gasteiger partial charge in [0.25, 0.3) is 0 Å². The maximum absolute atomic E-state index is 11.3. The summed E-state index contributed by atoms with van der Waals surface area (Å²) in [5, 5.41) is 3.24. The third-order valence-electron chi connectivity index (χ3n) is 3.24. The Hall–Kier alpha value is -1.55. The highest BCUT2D eigenvalue weighted by Gasteiger charge is 2.18. The van der Waals surface area contributed by atoms with Crippen molar-refractivity contribution in [1.29, 1.82) is 0 Å². The van der Waals surface area contributed by atoms with E-state index < -0.39 is 0 Å². The number of esters is 1. The van der Waals surface area contributed by atoms with Gasteiger partial charge in [-0.25, -0.2) is 0 Å². The number of carbonyl (C=O) groups is 1. The molecule has 1 rings (SSSR count). The van der Waals surface area contributed by atoms with Gasteiger partial charge in [0.15, 0.2) is 0 Å². The number of nitrogens with one attached hydrogen (secondary N) is 1. The molecule has 0 saturated heterocycles. The van der Waals surface area contributed by atoms with Crippen molar-refractivity contribution < 1.29 is 14.3 Å². The van der Waals surface area contributed by atoms with Gasteiger partial charge >= 0.3 is 5.97 Å². The topological polar surface area (TPSA) is 47.6 Å². The minimum atomic E-state index is -0.191. The summed E-state index contributed by atoms with van der Waals surface area (Å²) >= 11 is 0. The zero-order valence-electron chi connectivity index (χ0n) is 12.4. The number of hydrogen-bond acceptors (Lipinski definition) is 4. The van der Waals surface area contributed by atoms with E-state index in [4.69, 9.17) is 4.74 Å². The molecule has 0 aliphatic carbocycles. The number of aryl methyl sites for hydroxylation is 2. The molecule has 19 heavy (non-hydrogen) atoms. The van der Waals surface area contributed by atoms with Gasteiger partial charge in [0.05, 0.1) is 14.2 Å². The van der Waals surface area contributed by atoms with Crippen LogP contribution in [0.25, 0.3) is 0 Å². The molecular formula is C15H23NO3. The van der Waals surface area contributed by atoms with Gasteiger partial charge in [-0.15, -0.1) is 0 Å². The maximum atomic E-state index is 11.3. The number of methoxy groups -OCH3 is 2. The molecule has 0 bridgehead atoms. The monoisotopic (exact) mass is 265 g/mol. The van der Waals surface area contributed by atoms with E-state index in [2.05, 4.69) is 29.1 Å². The zero-order valence-corrected chi connectivity index (χ0v) is 12.4. The van der Waals surface area contributed by atoms with Crippen LogP contribution in [0.5, 0.6) is 5.75 Å². The molecule has 106 valence electrons. The molecular weight excluding hydrogens is 242 g/mol. The molecule has 4 heteroatoms. The van der Waals surface area contributed by atoms with Gasteiger partial charge < -0.3 is 14.8 Å². The first-order valence-electron chi connectivity index (χ1n) is 6.42. The Balaban J connectivity index is 3.00. The summed E-state index contributed by atoms with van der Waals surface area (Å²) in [7, 11) is 4.97. The predicted octanol–water partition coefficient (Wildman–Crippen LogP) is 2.53. The van der Waals surface area contributed by atoms with Crippen LogP contribution < -0.4 is 10.1 Å². The van der Waals surface area contributed by atoms with Crippen molar-refractivity contribution in [3.63, 3.8) is 0 Å². The molecule has 0 saturated carbocycles. The second kappa shape index (κ2) is 7.14. The minimum absolute atomic E-state index is 0.0765. The van der Waals surface area contributed by atoms with Crippen LogP contribution in [0.4, 0.5) is 0 Å². The SMILES string of the molecule is CNC(CCC(=O)OC)c1cc(C)cc(C)c1OC. The zero-order chi connectivity index (χ0) is 14.4. The normalized spacial score (nSPS) is 12.1. The second-order valence-electron chi connectivity index (χ2n) is 4.66. The first-order chi connectivity index (χ1) is 9.03. The van der Waals surface area contributed by atoms with Crippen molar-refractivity contribution in [2.24, 2.45) is 0 Å². The Kier molecular flexibility index (Phi) is 5.83. The van der Waals surface area contributed by atoms with Crippen LogP contribution in [0, 0.1) is 13.8 Å². The molecule has 1 aromatic rings. The Morgan fingerprint density at radius 1 is 1.32 bits per heavy atom. The fourth-order valence-corrected chi connectivity index (χ4v) is 2.34. The second-order valence-corrected chi connectivity index (χ2v) is 4.66. The quantitative estimate of drug-likeness (QED) is 0.803. The first-order valence-corrected chi connectivity index (χ1v) is 6.42. The van der Waals surface area contributed by atoms with E-state index in [9.17, 15) is 4.79 Å². The van der Waals surface area contributed by atoms with Crippen LogP contribution in [0.15, 0.2) is 12.1 Å². The van der Waals surface area contributed by atoms with E-state index in [-0.39, 0.29) is 12.0 Å². The average molecular weight is 265 g/mol. The molecule has 0 heterocycles. The minimum Gasteiger partial charge on any atom is -0.496 e. The molecule has 0 radical (unpaired) electrons. The van der Waals surface area contributed by atoms with E-state index in [1.807, 2.05) is 14.0 Å². The number of hydrogen-bond donors (Lipinski definition) is 1. The fourth-order valence-electron chi connectivity index (χ4n) is 2.34. The van der Waals surface area contributed by atoms with Crippen LogP contribution >= 0.6 is 0 Å². The van der Waals surface area contributed by atoms with Crippen LogP contribution in [0.3, 0.4) is 0 Å². The molecule has 0 aliphatic rings. The smallest absolute Gasteiger partial charge is 0.305 e. The summed E-state index contributed by atoms with van der Waals surface area (Å²) in [5.74, 6) is 0.693. The summed E-state index contributed by atoms with van der Waals surface area (Å²) in [4.78, 5) is 11.3. The lowest BCUT2D eigenvalue weighted by Gasteiger charge is -2.21. The van der Waals surface area contributed by atoms with Crippen molar-refractivity contribution in [3.05, 3.63) is 28.8 Å². The number of carbonyl (C=O) groups excluding carboxylic acids is 1. The molecule has 1 atom stereocenters. The van der Waals surface area contributed by atoms with Gasteiger partial charge in [-0.3, -0.25) is 4.79 Å². The van der Waals surface area contributed by atoms with E-state index in [1.165, 1.54) is 12.7 Å². The Morgan fingerprint density at radius 2 is 2.00 bits per heavy atom. The first kappa shape index (κ1) is 15.5. The summed E-state index contributed by atoms with van der Waals surface area (Å²) < 4.78 is 10.2. The molecule has 1 N–H and O–H groups in total. The Labute approximate surface area is 115 Å². The summed E-state index contributed by atoms with van der Waals surface area (Å²) in [5.41, 5.74) is 3.38. The average Bonchev–Trinajstić information content (AvgIpc) is 2.38. The van der Waals surface area contributed by atoms with E-state index in [0.29, 0.717) is 12.8 Å². The van der Waals surface area contributed by atoms with Crippen molar-refractivity contribution >= 4 is 5.97 Å². The number of ether oxygens (including phenoxy) is 2. The van der Waals surface area contributed by atoms with E-state index >= 15 is 0 Å². The van der Waals surface area contributed by atoms with Crippen molar-refractivity contribution in [3.8, 4) is 5.75 Å². The highest BCUT2D eigenvalue weighted by Crippen LogP contribution is 2.32. The summed E-state index contributed by atoms with van der Waals surface area (Å²) in [6, 6.07) is 4.27. The summed E-state index contributed by atoms with van der Waals surface area (Å²) in [6.45, 7) is 4.09. The van der Waals surface area contributed by atoms with Crippen molar-refractivity contribution in [2.75, 3.05) is 21.3 Å². The predicted molar refractivity (Wildman–Crippen MR) is 75.5 cm³/mol. The largest absolute Gasteiger partial charge is 0.496 e. The fraction of sp³-hybridized carbons (Fsp3) is 0.533. The van der Waals surface area contributed by atoms with E-state index in [0.717, 1.165) is 16.9 Å². The third kappa shape index (κ3) is 3.96. The lowest BCUT2D eigenvalue weighted by Crippen LogP contribution is -2.19. The molecule has 0 amide bonds. The Morgan fingerprint density at radius 3 is 2.53 bits per heavy atom. The molecule has 0 aliphatic heterocycles. The van der Waals surface area contributed by atoms with Gasteiger partial charge in [-0.2, -0.15) is 0 Å². The van der Waals surface area contributed by atoms with Crippen LogP contribution in [0.2, 0.25) is 0 Å². The molecule has 0 fully saturated rings. The van der Waals surface area contributed by atoms with Crippen LogP contribution in [0.1, 0.15) is 35.6 Å². The molecule has 0 aromatic heterocycles. The van der Waals surface area contributed by atoms with Gasteiger partial charge in [0.1, 0.15) is 5.75 Å². The molecule has 0 spiro atoms. The maximum Gasteiger partial charge on any atom is 0.305 e. The molecule has 1 unspecified atom stereocenters. The van der Waals surface area contributed by atoms with Gasteiger partial charge in [-0.05, 0) is 32.9 Å². The number of rotatable bonds is 6. The van der Waals surface area contributed by atoms with Gasteiger partial charge in [-0.1, -0.05) is 17.7 Å². The van der Waals surface area contributed by atoms with Crippen molar-refractivity contribution in [1.82, 2.24) is 5.32 Å². The van der Waals surface area contributed by atoms with Crippen LogP contribution in [-0.2, 0) is 9.53 Å². The third-order valence-corrected chi connectivity index (χ3v) is 3.24. The van der Waals surface area contributed by atoms with Crippen LogP contribution in [-0.4, -0.2) is 27.2 Å². The molecule has 4 nitrogen and oxygen atoms in total. The van der Waals surface area contributed by atoms with E-state index in [1.54, 1.807) is 7.11 Å². The Bertz CT molecular complexity index is 443. The van der Waals surface area contributed by atoms with Gasteiger partial charge in [0.2, 0.25) is 0 Å². The lowest BCUT2D eigenvalue weighted by atomic mass is 9.96. The van der Waals surface area contributed by atoms with Gasteiger partial charge in [0, 0.05) is 18.0 Å².